The van der Waals surface area contributed by atoms with Crippen LogP contribution in [0, 0.1) is 0 Å². The first-order chi connectivity index (χ1) is 11.2. The molecule has 5 nitrogen and oxygen atoms in total. The van der Waals surface area contributed by atoms with Crippen molar-refractivity contribution < 1.29 is 4.79 Å². The maximum atomic E-state index is 13.0. The van der Waals surface area contributed by atoms with Gasteiger partial charge >= 0.3 is 0 Å². The highest BCUT2D eigenvalue weighted by atomic mass is 32.2. The summed E-state index contributed by atoms with van der Waals surface area (Å²) in [6, 6.07) is 9.96. The van der Waals surface area contributed by atoms with Gasteiger partial charge in [-0.15, -0.1) is 0 Å². The molecule has 2 heterocycles. The topological polar surface area (TPSA) is 41.4 Å². The molecule has 0 spiro atoms. The van der Waals surface area contributed by atoms with E-state index in [1.807, 2.05) is 46.1 Å². The number of hydrogen-bond donors (Lipinski definition) is 0. The Morgan fingerprint density at radius 1 is 1.13 bits per heavy atom. The molecule has 1 saturated heterocycles. The van der Waals surface area contributed by atoms with E-state index < -0.39 is 0 Å². The molecule has 1 fully saturated rings. The Morgan fingerprint density at radius 2 is 1.91 bits per heavy atom. The molecule has 2 aromatic rings. The minimum absolute atomic E-state index is 0.0666. The van der Waals surface area contributed by atoms with Crippen LogP contribution < -0.4 is 0 Å². The van der Waals surface area contributed by atoms with E-state index in [4.69, 9.17) is 0 Å². The molecule has 1 aromatic heterocycles. The Kier molecular flexibility index (Phi) is 5.03. The summed E-state index contributed by atoms with van der Waals surface area (Å²) in [6.45, 7) is 3.53. The van der Waals surface area contributed by atoms with Crippen LogP contribution in [0.15, 0.2) is 41.7 Å². The fourth-order valence-electron chi connectivity index (χ4n) is 2.87. The van der Waals surface area contributed by atoms with Gasteiger partial charge in [-0.25, -0.2) is 4.98 Å². The molecule has 0 atom stereocenters. The van der Waals surface area contributed by atoms with Gasteiger partial charge in [0.2, 0.25) is 0 Å². The molecule has 23 heavy (non-hydrogen) atoms. The average molecular weight is 330 g/mol. The van der Waals surface area contributed by atoms with Crippen molar-refractivity contribution >= 4 is 17.7 Å². The number of likely N-dealkylation sites (N-methyl/N-ethyl adjacent to an activating group) is 1. The second kappa shape index (κ2) is 7.19. The molecule has 1 aliphatic heterocycles. The number of para-hydroxylation sites is 1. The van der Waals surface area contributed by atoms with Crippen molar-refractivity contribution in [2.45, 2.75) is 11.6 Å². The number of aromatic nitrogens is 2. The Labute approximate surface area is 141 Å². The molecule has 0 radical (unpaired) electrons. The number of carbonyl (C=O) groups excluding carboxylic acids is 1. The zero-order chi connectivity index (χ0) is 16.2. The zero-order valence-electron chi connectivity index (χ0n) is 13.6. The molecule has 1 aliphatic rings. The highest BCUT2D eigenvalue weighted by Crippen LogP contribution is 2.22. The predicted octanol–water partition coefficient (Wildman–Crippen LogP) is 2.37. The van der Waals surface area contributed by atoms with Gasteiger partial charge in [0, 0.05) is 25.3 Å². The van der Waals surface area contributed by atoms with Crippen molar-refractivity contribution in [3.05, 3.63) is 42.2 Å². The van der Waals surface area contributed by atoms with Crippen molar-refractivity contribution in [3.8, 4) is 5.69 Å². The number of imidazole rings is 1. The van der Waals surface area contributed by atoms with Crippen LogP contribution >= 0.6 is 11.8 Å². The van der Waals surface area contributed by atoms with Crippen LogP contribution in [0.2, 0.25) is 0 Å². The summed E-state index contributed by atoms with van der Waals surface area (Å²) >= 11 is 1.55. The highest BCUT2D eigenvalue weighted by molar-refractivity contribution is 7.98. The normalized spacial score (nSPS) is 16.3. The third kappa shape index (κ3) is 3.43. The van der Waals surface area contributed by atoms with Gasteiger partial charge in [-0.05, 0) is 38.4 Å². The van der Waals surface area contributed by atoms with Crippen molar-refractivity contribution in [2.24, 2.45) is 0 Å². The summed E-state index contributed by atoms with van der Waals surface area (Å²) in [5, 5.41) is 0.839. The Hall–Kier alpha value is -1.79. The molecule has 0 N–H and O–H groups in total. The van der Waals surface area contributed by atoms with Crippen LogP contribution in [0.1, 0.15) is 16.9 Å². The Morgan fingerprint density at radius 3 is 2.65 bits per heavy atom. The van der Waals surface area contributed by atoms with E-state index in [0.717, 1.165) is 43.4 Å². The number of thioether (sulfide) groups is 1. The van der Waals surface area contributed by atoms with Crippen LogP contribution in [0.3, 0.4) is 0 Å². The summed E-state index contributed by atoms with van der Waals surface area (Å²) in [4.78, 5) is 21.7. The number of benzene rings is 1. The van der Waals surface area contributed by atoms with E-state index in [9.17, 15) is 4.79 Å². The molecule has 0 bridgehead atoms. The monoisotopic (exact) mass is 330 g/mol. The second-order valence-electron chi connectivity index (χ2n) is 5.75. The number of amides is 1. The zero-order valence-corrected chi connectivity index (χ0v) is 14.4. The quantitative estimate of drug-likeness (QED) is 0.810. The van der Waals surface area contributed by atoms with Gasteiger partial charge in [0.05, 0.1) is 6.20 Å². The summed E-state index contributed by atoms with van der Waals surface area (Å²) < 4.78 is 1.96. The standard InChI is InChI=1S/C17H22N4OS/c1-19-9-6-10-20(12-11-19)16(22)15-13-18-17(23-2)21(15)14-7-4-3-5-8-14/h3-5,7-8,13H,6,9-12H2,1-2H3. The van der Waals surface area contributed by atoms with E-state index in [0.29, 0.717) is 5.69 Å². The average Bonchev–Trinajstić information content (AvgIpc) is 2.90. The van der Waals surface area contributed by atoms with E-state index in [1.165, 1.54) is 0 Å². The lowest BCUT2D eigenvalue weighted by Crippen LogP contribution is -2.35. The number of carbonyl (C=O) groups is 1. The molecule has 0 saturated carbocycles. The fourth-order valence-corrected chi connectivity index (χ4v) is 3.41. The molecular weight excluding hydrogens is 308 g/mol. The van der Waals surface area contributed by atoms with Gasteiger partial charge in [0.25, 0.3) is 5.91 Å². The third-order valence-corrected chi connectivity index (χ3v) is 4.81. The smallest absolute Gasteiger partial charge is 0.272 e. The number of nitrogens with zero attached hydrogens (tertiary/aromatic N) is 4. The van der Waals surface area contributed by atoms with E-state index in [-0.39, 0.29) is 5.91 Å². The van der Waals surface area contributed by atoms with E-state index in [1.54, 1.807) is 18.0 Å². The molecule has 122 valence electrons. The van der Waals surface area contributed by atoms with Gasteiger partial charge in [0.15, 0.2) is 5.16 Å². The molecule has 6 heteroatoms. The summed E-state index contributed by atoms with van der Waals surface area (Å²) in [5.41, 5.74) is 1.62. The second-order valence-corrected chi connectivity index (χ2v) is 6.52. The lowest BCUT2D eigenvalue weighted by Gasteiger charge is -2.21. The first-order valence-electron chi connectivity index (χ1n) is 7.85. The first-order valence-corrected chi connectivity index (χ1v) is 9.08. The summed E-state index contributed by atoms with van der Waals surface area (Å²) in [7, 11) is 2.11. The maximum Gasteiger partial charge on any atom is 0.272 e. The first kappa shape index (κ1) is 16.1. The summed E-state index contributed by atoms with van der Waals surface area (Å²) in [6.07, 6.45) is 4.70. The van der Waals surface area contributed by atoms with E-state index >= 15 is 0 Å². The van der Waals surface area contributed by atoms with Gasteiger partial charge in [-0.3, -0.25) is 9.36 Å². The maximum absolute atomic E-state index is 13.0. The van der Waals surface area contributed by atoms with Crippen LogP contribution in [-0.2, 0) is 0 Å². The van der Waals surface area contributed by atoms with E-state index in [2.05, 4.69) is 16.9 Å². The molecule has 1 amide bonds. The van der Waals surface area contributed by atoms with Crippen molar-refractivity contribution in [3.63, 3.8) is 0 Å². The van der Waals surface area contributed by atoms with Crippen molar-refractivity contribution in [2.75, 3.05) is 39.5 Å². The molecule has 0 unspecified atom stereocenters. The molecular formula is C17H22N4OS. The van der Waals surface area contributed by atoms with Crippen LogP contribution in [0.25, 0.3) is 5.69 Å². The van der Waals surface area contributed by atoms with Crippen LogP contribution in [-0.4, -0.2) is 64.7 Å². The Bertz CT molecular complexity index is 670. The molecule has 1 aromatic carbocycles. The number of rotatable bonds is 3. The van der Waals surface area contributed by atoms with Crippen LogP contribution in [0.5, 0.6) is 0 Å². The van der Waals surface area contributed by atoms with Gasteiger partial charge in [-0.2, -0.15) is 0 Å². The minimum atomic E-state index is 0.0666. The highest BCUT2D eigenvalue weighted by Gasteiger charge is 2.24. The molecule has 0 aliphatic carbocycles. The lowest BCUT2D eigenvalue weighted by molar-refractivity contribution is 0.0754. The third-order valence-electron chi connectivity index (χ3n) is 4.15. The van der Waals surface area contributed by atoms with Crippen molar-refractivity contribution in [1.82, 2.24) is 19.4 Å². The largest absolute Gasteiger partial charge is 0.336 e. The van der Waals surface area contributed by atoms with Crippen LogP contribution in [0.4, 0.5) is 0 Å². The SMILES string of the molecule is CSc1ncc(C(=O)N2CCCN(C)CC2)n1-c1ccccc1. The predicted molar refractivity (Wildman–Crippen MR) is 93.4 cm³/mol. The van der Waals surface area contributed by atoms with Crippen molar-refractivity contribution in [1.29, 1.82) is 0 Å². The number of hydrogen-bond acceptors (Lipinski definition) is 4. The Balaban J connectivity index is 1.93. The lowest BCUT2D eigenvalue weighted by atomic mass is 10.3. The minimum Gasteiger partial charge on any atom is -0.336 e. The fraction of sp³-hybridized carbons (Fsp3) is 0.412. The van der Waals surface area contributed by atoms with Gasteiger partial charge in [0.1, 0.15) is 5.69 Å². The van der Waals surface area contributed by atoms with Gasteiger partial charge < -0.3 is 9.80 Å². The summed E-state index contributed by atoms with van der Waals surface area (Å²) in [5.74, 6) is 0.0666. The molecule has 3 rings (SSSR count). The van der Waals surface area contributed by atoms with Gasteiger partial charge in [-0.1, -0.05) is 30.0 Å².